The predicted molar refractivity (Wildman–Crippen MR) is 78.6 cm³/mol. The van der Waals surface area contributed by atoms with Gasteiger partial charge in [0.05, 0.1) is 5.56 Å². The number of aromatic nitrogens is 2. The van der Waals surface area contributed by atoms with Crippen molar-refractivity contribution < 1.29 is 9.90 Å². The summed E-state index contributed by atoms with van der Waals surface area (Å²) in [4.78, 5) is 39.6. The lowest BCUT2D eigenvalue weighted by atomic mass is 10.2. The molecular weight excluding hydrogens is 332 g/mol. The topological polar surface area (TPSA) is 106 Å². The van der Waals surface area contributed by atoms with E-state index in [-0.39, 0.29) is 24.5 Å². The van der Waals surface area contributed by atoms with E-state index < -0.39 is 22.9 Å². The van der Waals surface area contributed by atoms with Gasteiger partial charge in [-0.15, -0.1) is 35.6 Å². The molecule has 0 saturated carbocycles. The molecule has 0 atom stereocenters. The maximum atomic E-state index is 11.7. The molecule has 0 spiro atoms. The molecule has 1 aromatic heterocycles. The third-order valence-electron chi connectivity index (χ3n) is 2.44. The van der Waals surface area contributed by atoms with Crippen molar-refractivity contribution in [3.63, 3.8) is 0 Å². The normalized spacial score (nSPS) is 10.3. The number of hydrogen-bond donors (Lipinski definition) is 3. The molecule has 0 amide bonds. The van der Waals surface area contributed by atoms with Crippen LogP contribution < -0.4 is 11.2 Å². The third-order valence-corrected chi connectivity index (χ3v) is 2.78. The number of H-pyrrole nitrogens is 2. The smallest absolute Gasteiger partial charge is 0.352 e. The van der Waals surface area contributed by atoms with Crippen LogP contribution in [-0.4, -0.2) is 50.8 Å². The van der Waals surface area contributed by atoms with Gasteiger partial charge >= 0.3 is 11.7 Å². The van der Waals surface area contributed by atoms with Crippen molar-refractivity contribution in [2.45, 2.75) is 6.54 Å². The van der Waals surface area contributed by atoms with Crippen molar-refractivity contribution in [2.24, 2.45) is 0 Å². The first-order valence-electron chi connectivity index (χ1n) is 5.42. The van der Waals surface area contributed by atoms with Crippen LogP contribution in [0.1, 0.15) is 16.1 Å². The molecule has 1 rings (SSSR count). The van der Waals surface area contributed by atoms with Crippen molar-refractivity contribution >= 4 is 41.6 Å². The van der Waals surface area contributed by atoms with Crippen LogP contribution in [0.5, 0.6) is 0 Å². The summed E-state index contributed by atoms with van der Waals surface area (Å²) in [6, 6.07) is 0. The highest BCUT2D eigenvalue weighted by Crippen LogP contribution is 2.04. The van der Waals surface area contributed by atoms with Crippen LogP contribution in [0.15, 0.2) is 9.59 Å². The molecule has 114 valence electrons. The maximum Gasteiger partial charge on any atom is 0.352 e. The maximum absolute atomic E-state index is 11.7. The second-order valence-corrected chi connectivity index (χ2v) is 4.48. The van der Waals surface area contributed by atoms with Crippen molar-refractivity contribution in [2.75, 3.05) is 24.8 Å². The summed E-state index contributed by atoms with van der Waals surface area (Å²) in [6.45, 7) is 0.949. The van der Waals surface area contributed by atoms with E-state index >= 15 is 0 Å². The van der Waals surface area contributed by atoms with Gasteiger partial charge in [0.25, 0.3) is 5.56 Å². The van der Waals surface area contributed by atoms with Crippen molar-refractivity contribution in [3.05, 3.63) is 32.1 Å². The van der Waals surface area contributed by atoms with E-state index in [1.54, 1.807) is 4.90 Å². The molecule has 0 radical (unpaired) electrons. The van der Waals surface area contributed by atoms with Crippen LogP contribution in [0.4, 0.5) is 0 Å². The quantitative estimate of drug-likeness (QED) is 0.622. The zero-order valence-corrected chi connectivity index (χ0v) is 12.6. The fraction of sp³-hybridized carbons (Fsp3) is 0.500. The van der Waals surface area contributed by atoms with Gasteiger partial charge in [0.1, 0.15) is 5.69 Å². The highest BCUT2D eigenvalue weighted by Gasteiger charge is 2.18. The van der Waals surface area contributed by atoms with E-state index in [2.05, 4.69) is 4.98 Å². The number of aromatic amines is 2. The third kappa shape index (κ3) is 5.16. The van der Waals surface area contributed by atoms with Gasteiger partial charge in [-0.25, -0.2) is 9.59 Å². The van der Waals surface area contributed by atoms with Crippen molar-refractivity contribution in [1.82, 2.24) is 14.9 Å². The molecule has 3 N–H and O–H groups in total. The number of nitrogens with zero attached hydrogens (tertiary/aromatic N) is 1. The summed E-state index contributed by atoms with van der Waals surface area (Å²) in [7, 11) is 0. The summed E-state index contributed by atoms with van der Waals surface area (Å²) in [5.74, 6) is -0.726. The number of carboxylic acid groups (broad SMARTS) is 1. The van der Waals surface area contributed by atoms with E-state index in [1.807, 2.05) is 4.98 Å². The SMILES string of the molecule is Cl.O=C(O)c1[nH]c(=O)[nH]c(=O)c1CN(CCCl)CCCl. The first-order chi connectivity index (χ1) is 8.99. The molecule has 0 aliphatic carbocycles. The van der Waals surface area contributed by atoms with Crippen LogP contribution in [0.3, 0.4) is 0 Å². The molecule has 1 heterocycles. The van der Waals surface area contributed by atoms with Gasteiger partial charge < -0.3 is 10.1 Å². The number of hydrogen-bond acceptors (Lipinski definition) is 4. The van der Waals surface area contributed by atoms with Gasteiger partial charge in [-0.1, -0.05) is 0 Å². The Bertz CT molecular complexity index is 551. The van der Waals surface area contributed by atoms with Gasteiger partial charge in [0, 0.05) is 31.4 Å². The molecular formula is C10H14Cl3N3O4. The Hall–Kier alpha value is -1.02. The number of carboxylic acids is 1. The Morgan fingerprint density at radius 1 is 1.15 bits per heavy atom. The fourth-order valence-corrected chi connectivity index (χ4v) is 2.06. The van der Waals surface area contributed by atoms with E-state index in [9.17, 15) is 14.4 Å². The second kappa shape index (κ2) is 9.02. The first-order valence-corrected chi connectivity index (χ1v) is 6.49. The fourth-order valence-electron chi connectivity index (χ4n) is 1.58. The molecule has 0 saturated heterocycles. The monoisotopic (exact) mass is 345 g/mol. The van der Waals surface area contributed by atoms with Gasteiger partial charge in [0.15, 0.2) is 0 Å². The number of carbonyl (C=O) groups is 1. The van der Waals surface area contributed by atoms with Crippen LogP contribution in [0.25, 0.3) is 0 Å². The molecule has 0 aromatic carbocycles. The zero-order chi connectivity index (χ0) is 14.4. The second-order valence-electron chi connectivity index (χ2n) is 3.72. The Labute approximate surface area is 130 Å². The summed E-state index contributed by atoms with van der Waals surface area (Å²) < 4.78 is 0. The molecule has 0 aliphatic rings. The van der Waals surface area contributed by atoms with Gasteiger partial charge in [0.2, 0.25) is 0 Å². The average Bonchev–Trinajstić information content (AvgIpc) is 2.32. The molecule has 10 heteroatoms. The number of nitrogens with one attached hydrogen (secondary N) is 2. The molecule has 0 fully saturated rings. The van der Waals surface area contributed by atoms with Crippen LogP contribution in [0.2, 0.25) is 0 Å². The summed E-state index contributed by atoms with van der Waals surface area (Å²) >= 11 is 11.2. The molecule has 7 nitrogen and oxygen atoms in total. The lowest BCUT2D eigenvalue weighted by Crippen LogP contribution is -2.35. The minimum atomic E-state index is -1.37. The van der Waals surface area contributed by atoms with Gasteiger partial charge in [-0.05, 0) is 0 Å². The standard InChI is InChI=1S/C10H13Cl2N3O4.ClH/c11-1-3-15(4-2-12)5-6-7(9(17)18)13-10(19)14-8(6)16;/h1-5H2,(H,17,18)(H2,13,14,16,19);1H. The Morgan fingerprint density at radius 2 is 1.70 bits per heavy atom. The van der Waals surface area contributed by atoms with E-state index in [0.717, 1.165) is 0 Å². The number of halogens is 3. The number of alkyl halides is 2. The molecule has 0 unspecified atom stereocenters. The average molecular weight is 347 g/mol. The van der Waals surface area contributed by atoms with E-state index in [0.29, 0.717) is 24.8 Å². The van der Waals surface area contributed by atoms with Crippen LogP contribution in [0, 0.1) is 0 Å². The summed E-state index contributed by atoms with van der Waals surface area (Å²) in [5.41, 5.74) is -2.02. The van der Waals surface area contributed by atoms with Gasteiger partial charge in [-0.2, -0.15) is 0 Å². The van der Waals surface area contributed by atoms with Crippen molar-refractivity contribution in [1.29, 1.82) is 0 Å². The molecule has 0 bridgehead atoms. The number of rotatable bonds is 7. The lowest BCUT2D eigenvalue weighted by molar-refractivity contribution is 0.0687. The molecule has 1 aromatic rings. The highest BCUT2D eigenvalue weighted by molar-refractivity contribution is 6.18. The lowest BCUT2D eigenvalue weighted by Gasteiger charge is -2.20. The molecule has 20 heavy (non-hydrogen) atoms. The largest absolute Gasteiger partial charge is 0.477 e. The van der Waals surface area contributed by atoms with E-state index in [4.69, 9.17) is 28.3 Å². The zero-order valence-electron chi connectivity index (χ0n) is 10.3. The van der Waals surface area contributed by atoms with Gasteiger partial charge in [-0.3, -0.25) is 14.7 Å². The number of aromatic carboxylic acids is 1. The van der Waals surface area contributed by atoms with Crippen LogP contribution in [-0.2, 0) is 6.54 Å². The van der Waals surface area contributed by atoms with E-state index in [1.165, 1.54) is 0 Å². The van der Waals surface area contributed by atoms with Crippen molar-refractivity contribution in [3.8, 4) is 0 Å². The Balaban J connectivity index is 0.00000361. The minimum Gasteiger partial charge on any atom is -0.477 e. The minimum absolute atomic E-state index is 0. The van der Waals surface area contributed by atoms with Crippen LogP contribution >= 0.6 is 35.6 Å². The Morgan fingerprint density at radius 3 is 2.15 bits per heavy atom. The summed E-state index contributed by atoms with van der Waals surface area (Å²) in [5, 5.41) is 8.99. The Kier molecular flexibility index (Phi) is 8.56. The predicted octanol–water partition coefficient (Wildman–Crippen LogP) is 0.463. The summed E-state index contributed by atoms with van der Waals surface area (Å²) in [6.07, 6.45) is 0. The highest BCUT2D eigenvalue weighted by atomic mass is 35.5. The molecule has 0 aliphatic heterocycles. The first kappa shape index (κ1) is 19.0.